The van der Waals surface area contributed by atoms with Crippen molar-refractivity contribution in [3.05, 3.63) is 35.4 Å². The number of carboxylic acids is 1. The van der Waals surface area contributed by atoms with Crippen LogP contribution in [-0.2, 0) is 10.2 Å². The van der Waals surface area contributed by atoms with Gasteiger partial charge >= 0.3 is 0 Å². The highest BCUT2D eigenvalue weighted by Crippen LogP contribution is 2.56. The molecule has 0 spiro atoms. The van der Waals surface area contributed by atoms with Gasteiger partial charge in [-0.1, -0.05) is 6.08 Å². The number of rotatable bonds is 3. The number of hydrogen-bond donors (Lipinski definition) is 1. The van der Waals surface area contributed by atoms with Gasteiger partial charge in [0.2, 0.25) is 0 Å². The van der Waals surface area contributed by atoms with Crippen LogP contribution in [0.15, 0.2) is 29.8 Å². The fourth-order valence-electron chi connectivity index (χ4n) is 4.73. The summed E-state index contributed by atoms with van der Waals surface area (Å²) < 4.78 is 0.713. The largest absolute Gasteiger partial charge is 0.545 e. The zero-order valence-electron chi connectivity index (χ0n) is 14.2. The van der Waals surface area contributed by atoms with Crippen LogP contribution in [0.2, 0.25) is 0 Å². The minimum atomic E-state index is -1.12. The van der Waals surface area contributed by atoms with Crippen LogP contribution in [0.5, 0.6) is 5.75 Å². The van der Waals surface area contributed by atoms with Gasteiger partial charge in [0.1, 0.15) is 11.4 Å². The number of fused-ring (bicyclic) bond motifs is 3. The Kier molecular flexibility index (Phi) is 3.54. The van der Waals surface area contributed by atoms with Crippen molar-refractivity contribution >= 4 is 11.7 Å². The Morgan fingerprint density at radius 3 is 2.87 bits per heavy atom. The lowest BCUT2D eigenvalue weighted by molar-refractivity contribution is -0.299. The topological polar surface area (TPSA) is 63.6 Å². The first-order valence-corrected chi connectivity index (χ1v) is 7.96. The van der Waals surface area contributed by atoms with E-state index in [1.54, 1.807) is 19.1 Å². The third-order valence-corrected chi connectivity index (χ3v) is 5.67. The van der Waals surface area contributed by atoms with E-state index in [0.717, 1.165) is 18.5 Å². The predicted molar refractivity (Wildman–Crippen MR) is 87.8 cm³/mol. The summed E-state index contributed by atoms with van der Waals surface area (Å²) in [6.45, 7) is 2.54. The maximum absolute atomic E-state index is 11.1. The second kappa shape index (κ2) is 5.08. The molecule has 0 aromatic heterocycles. The standard InChI is InChI=1S/C18H24N2O3/c1-12(16(22)23)7-8-18-9-10-19(2)17(18)20(3,4)15-6-5-13(21)11-14(15)18/h5-7,11,17H,8-10H2,1-4H3,(H-,21,22,23)/b12-7+/t17-,18+/m1/s1. The van der Waals surface area contributed by atoms with E-state index in [0.29, 0.717) is 10.9 Å². The van der Waals surface area contributed by atoms with E-state index in [9.17, 15) is 15.0 Å². The van der Waals surface area contributed by atoms with Crippen molar-refractivity contribution in [3.8, 4) is 5.75 Å². The monoisotopic (exact) mass is 316 g/mol. The van der Waals surface area contributed by atoms with Crippen molar-refractivity contribution in [3.63, 3.8) is 0 Å². The maximum Gasteiger partial charge on any atom is 0.159 e. The smallest absolute Gasteiger partial charge is 0.159 e. The van der Waals surface area contributed by atoms with E-state index >= 15 is 0 Å². The Balaban J connectivity index is 2.15. The summed E-state index contributed by atoms with van der Waals surface area (Å²) in [5.41, 5.74) is 2.42. The lowest BCUT2D eigenvalue weighted by Crippen LogP contribution is -2.57. The number of hydrogen-bond acceptors (Lipinski definition) is 4. The van der Waals surface area contributed by atoms with Crippen LogP contribution in [0, 0.1) is 0 Å². The Morgan fingerprint density at radius 1 is 1.52 bits per heavy atom. The van der Waals surface area contributed by atoms with Crippen LogP contribution in [0.25, 0.3) is 0 Å². The van der Waals surface area contributed by atoms with E-state index in [4.69, 9.17) is 0 Å². The first kappa shape index (κ1) is 16.0. The van der Waals surface area contributed by atoms with Gasteiger partial charge in [-0.25, -0.2) is 0 Å². The van der Waals surface area contributed by atoms with Gasteiger partial charge in [0.05, 0.1) is 25.5 Å². The molecule has 1 aromatic carbocycles. The molecule has 1 N–H and O–H groups in total. The van der Waals surface area contributed by atoms with E-state index in [2.05, 4.69) is 26.0 Å². The highest BCUT2D eigenvalue weighted by atomic mass is 16.4. The quantitative estimate of drug-likeness (QED) is 0.666. The number of allylic oxidation sites excluding steroid dienone is 1. The number of carboxylic acid groups (broad SMARTS) is 1. The number of aliphatic carboxylic acids is 1. The molecule has 124 valence electrons. The summed E-state index contributed by atoms with van der Waals surface area (Å²) in [6, 6.07) is 5.58. The van der Waals surface area contributed by atoms with Crippen molar-refractivity contribution in [2.24, 2.45) is 0 Å². The molecule has 0 unspecified atom stereocenters. The summed E-state index contributed by atoms with van der Waals surface area (Å²) >= 11 is 0. The van der Waals surface area contributed by atoms with Crippen molar-refractivity contribution in [1.82, 2.24) is 9.38 Å². The lowest BCUT2D eigenvalue weighted by Gasteiger charge is -2.38. The molecule has 0 aliphatic carbocycles. The zero-order chi connectivity index (χ0) is 17.0. The number of phenols is 1. The summed E-state index contributed by atoms with van der Waals surface area (Å²) in [6.07, 6.45) is 3.59. The molecule has 2 atom stereocenters. The van der Waals surface area contributed by atoms with Crippen molar-refractivity contribution in [1.29, 1.82) is 0 Å². The van der Waals surface area contributed by atoms with E-state index in [1.807, 2.05) is 12.1 Å². The zero-order valence-corrected chi connectivity index (χ0v) is 14.2. The van der Waals surface area contributed by atoms with Gasteiger partial charge in [0.15, 0.2) is 6.17 Å². The molecular formula is C18H24N2O3. The number of aromatic hydroxyl groups is 1. The normalized spacial score (nSPS) is 29.4. The summed E-state index contributed by atoms with van der Waals surface area (Å²) in [4.78, 5) is 13.4. The number of benzene rings is 1. The summed E-state index contributed by atoms with van der Waals surface area (Å²) in [7, 11) is 6.48. The molecule has 1 fully saturated rings. The molecule has 0 radical (unpaired) electrons. The van der Waals surface area contributed by atoms with Gasteiger partial charge in [-0.05, 0) is 44.5 Å². The minimum Gasteiger partial charge on any atom is -0.545 e. The molecule has 2 heterocycles. The van der Waals surface area contributed by atoms with Gasteiger partial charge in [0.25, 0.3) is 0 Å². The first-order valence-electron chi connectivity index (χ1n) is 7.96. The summed E-state index contributed by atoms with van der Waals surface area (Å²) in [5.74, 6) is -0.855. The summed E-state index contributed by atoms with van der Waals surface area (Å²) in [5, 5.41) is 21.0. The van der Waals surface area contributed by atoms with E-state index in [1.165, 1.54) is 5.69 Å². The van der Waals surface area contributed by atoms with Crippen LogP contribution >= 0.6 is 0 Å². The third-order valence-electron chi connectivity index (χ3n) is 5.67. The fourth-order valence-corrected chi connectivity index (χ4v) is 4.73. The molecule has 2 aliphatic heterocycles. The second-order valence-corrected chi connectivity index (χ2v) is 7.38. The number of nitrogens with zero attached hydrogens (tertiary/aromatic N) is 2. The highest BCUT2D eigenvalue weighted by Gasteiger charge is 2.62. The second-order valence-electron chi connectivity index (χ2n) is 7.38. The number of likely N-dealkylation sites (tertiary alicyclic amines) is 1. The van der Waals surface area contributed by atoms with Crippen molar-refractivity contribution in [2.75, 3.05) is 27.7 Å². The van der Waals surface area contributed by atoms with Crippen LogP contribution < -0.4 is 9.59 Å². The SMILES string of the molecule is C/C(=C\C[C@@]12CCN(C)[C@@H]1[N+](C)(C)c1ccc(O)cc12)C(=O)[O-]. The first-order chi connectivity index (χ1) is 10.7. The van der Waals surface area contributed by atoms with Gasteiger partial charge in [-0.3, -0.25) is 9.38 Å². The van der Waals surface area contributed by atoms with Gasteiger partial charge in [-0.2, -0.15) is 0 Å². The lowest BCUT2D eigenvalue weighted by atomic mass is 9.76. The number of quaternary nitrogens is 1. The average Bonchev–Trinajstić information content (AvgIpc) is 2.91. The molecule has 3 rings (SSSR count). The van der Waals surface area contributed by atoms with Crippen molar-refractivity contribution in [2.45, 2.75) is 31.3 Å². The van der Waals surface area contributed by atoms with E-state index < -0.39 is 5.97 Å². The Labute approximate surface area is 137 Å². The number of carbonyl (C=O) groups is 1. The van der Waals surface area contributed by atoms with Gasteiger partial charge < -0.3 is 15.0 Å². The number of likely N-dealkylation sites (N-methyl/N-ethyl adjacent to an activating group) is 2. The molecule has 0 saturated carbocycles. The molecule has 2 aliphatic rings. The van der Waals surface area contributed by atoms with Crippen LogP contribution in [0.4, 0.5) is 5.69 Å². The molecule has 23 heavy (non-hydrogen) atoms. The molecule has 1 aromatic rings. The minimum absolute atomic E-state index is 0.178. The Hall–Kier alpha value is -1.85. The molecule has 5 nitrogen and oxygen atoms in total. The van der Waals surface area contributed by atoms with Crippen LogP contribution in [0.1, 0.15) is 25.3 Å². The van der Waals surface area contributed by atoms with Gasteiger partial charge in [-0.15, -0.1) is 0 Å². The molecule has 1 saturated heterocycles. The highest BCUT2D eigenvalue weighted by molar-refractivity contribution is 5.83. The molecule has 5 heteroatoms. The van der Waals surface area contributed by atoms with Crippen LogP contribution in [0.3, 0.4) is 0 Å². The Morgan fingerprint density at radius 2 is 2.22 bits per heavy atom. The molecule has 0 amide bonds. The van der Waals surface area contributed by atoms with Crippen LogP contribution in [-0.4, -0.2) is 49.8 Å². The molecular weight excluding hydrogens is 292 g/mol. The fraction of sp³-hybridized carbons (Fsp3) is 0.500. The number of carbonyl (C=O) groups excluding carboxylic acids is 1. The van der Waals surface area contributed by atoms with E-state index in [-0.39, 0.29) is 22.9 Å². The number of phenolic OH excluding ortho intramolecular Hbond substituents is 1. The average molecular weight is 316 g/mol. The third kappa shape index (κ3) is 2.18. The Bertz CT molecular complexity index is 696. The maximum atomic E-state index is 11.1. The predicted octanol–water partition coefficient (Wildman–Crippen LogP) is 0.958. The van der Waals surface area contributed by atoms with Crippen molar-refractivity contribution < 1.29 is 15.0 Å². The van der Waals surface area contributed by atoms with Gasteiger partial charge in [0, 0.05) is 18.2 Å². The molecule has 0 bridgehead atoms.